The van der Waals surface area contributed by atoms with Crippen LogP contribution in [-0.4, -0.2) is 43.1 Å². The number of rotatable bonds is 6. The molecule has 0 bridgehead atoms. The molecule has 0 heterocycles. The summed E-state index contributed by atoms with van der Waals surface area (Å²) in [6, 6.07) is 4.07. The molecule has 0 saturated heterocycles. The van der Waals surface area contributed by atoms with Crippen LogP contribution >= 0.6 is 11.6 Å². The Labute approximate surface area is 117 Å². The second kappa shape index (κ2) is 7.43. The van der Waals surface area contributed by atoms with Crippen LogP contribution < -0.4 is 5.32 Å². The molecule has 0 aliphatic rings. The maximum absolute atomic E-state index is 13.2. The first kappa shape index (κ1) is 15.9. The number of nitrogens with zero attached hydrogens (tertiary/aromatic N) is 1. The lowest BCUT2D eigenvalue weighted by Crippen LogP contribution is -2.30. The van der Waals surface area contributed by atoms with E-state index < -0.39 is 11.9 Å². The lowest BCUT2D eigenvalue weighted by Gasteiger charge is -2.14. The highest BCUT2D eigenvalue weighted by Gasteiger charge is 2.11. The predicted molar refractivity (Wildman–Crippen MR) is 72.6 cm³/mol. The van der Waals surface area contributed by atoms with Gasteiger partial charge in [-0.05, 0) is 31.8 Å². The van der Waals surface area contributed by atoms with E-state index in [0.717, 1.165) is 0 Å². The van der Waals surface area contributed by atoms with Gasteiger partial charge in [-0.3, -0.25) is 4.79 Å². The summed E-state index contributed by atoms with van der Waals surface area (Å²) in [6.07, 6.45) is -0.593. The standard InChI is InChI=1S/C13H18ClFN2O2/c1-17(2)6-5-13(19)16-8-12(18)9-3-4-10(14)11(15)7-9/h3-4,7,12,18H,5-6,8H2,1-2H3,(H,16,19). The summed E-state index contributed by atoms with van der Waals surface area (Å²) in [4.78, 5) is 13.4. The van der Waals surface area contributed by atoms with E-state index in [9.17, 15) is 14.3 Å². The molecule has 0 saturated carbocycles. The van der Waals surface area contributed by atoms with Gasteiger partial charge in [0.05, 0.1) is 11.1 Å². The van der Waals surface area contributed by atoms with Crippen molar-refractivity contribution in [3.8, 4) is 0 Å². The van der Waals surface area contributed by atoms with E-state index in [1.807, 2.05) is 19.0 Å². The van der Waals surface area contributed by atoms with Crippen molar-refractivity contribution in [2.45, 2.75) is 12.5 Å². The Kier molecular flexibility index (Phi) is 6.21. The van der Waals surface area contributed by atoms with Gasteiger partial charge in [0.15, 0.2) is 0 Å². The Bertz CT molecular complexity index is 441. The Balaban J connectivity index is 2.44. The predicted octanol–water partition coefficient (Wildman–Crippen LogP) is 1.58. The Morgan fingerprint density at radius 3 is 2.79 bits per heavy atom. The fourth-order valence-electron chi connectivity index (χ4n) is 1.46. The van der Waals surface area contributed by atoms with Crippen LogP contribution in [0.25, 0.3) is 0 Å². The van der Waals surface area contributed by atoms with E-state index in [-0.39, 0.29) is 17.5 Å². The van der Waals surface area contributed by atoms with Crippen molar-refractivity contribution in [2.24, 2.45) is 0 Å². The molecule has 19 heavy (non-hydrogen) atoms. The van der Waals surface area contributed by atoms with E-state index in [0.29, 0.717) is 18.5 Å². The monoisotopic (exact) mass is 288 g/mol. The molecular weight excluding hydrogens is 271 g/mol. The molecule has 0 aromatic heterocycles. The van der Waals surface area contributed by atoms with E-state index >= 15 is 0 Å². The topological polar surface area (TPSA) is 52.6 Å². The maximum Gasteiger partial charge on any atom is 0.221 e. The van der Waals surface area contributed by atoms with Crippen LogP contribution in [0.15, 0.2) is 18.2 Å². The Morgan fingerprint density at radius 1 is 1.53 bits per heavy atom. The number of hydrogen-bond acceptors (Lipinski definition) is 3. The minimum Gasteiger partial charge on any atom is -0.387 e. The smallest absolute Gasteiger partial charge is 0.221 e. The SMILES string of the molecule is CN(C)CCC(=O)NCC(O)c1ccc(Cl)c(F)c1. The van der Waals surface area contributed by atoms with Crippen molar-refractivity contribution in [1.29, 1.82) is 0 Å². The lowest BCUT2D eigenvalue weighted by atomic mass is 10.1. The van der Waals surface area contributed by atoms with E-state index in [4.69, 9.17) is 11.6 Å². The summed E-state index contributed by atoms with van der Waals surface area (Å²) in [7, 11) is 3.75. The van der Waals surface area contributed by atoms with Crippen molar-refractivity contribution < 1.29 is 14.3 Å². The molecule has 2 N–H and O–H groups in total. The van der Waals surface area contributed by atoms with Gasteiger partial charge in [-0.25, -0.2) is 4.39 Å². The molecule has 6 heteroatoms. The van der Waals surface area contributed by atoms with Crippen molar-refractivity contribution in [3.63, 3.8) is 0 Å². The molecule has 106 valence electrons. The molecule has 0 aliphatic heterocycles. The third kappa shape index (κ3) is 5.55. The second-order valence-corrected chi connectivity index (χ2v) is 4.95. The molecule has 1 amide bonds. The maximum atomic E-state index is 13.2. The summed E-state index contributed by atoms with van der Waals surface area (Å²) >= 11 is 5.55. The molecule has 0 aliphatic carbocycles. The normalized spacial score (nSPS) is 12.5. The van der Waals surface area contributed by atoms with Crippen LogP contribution in [0.2, 0.25) is 5.02 Å². The number of aliphatic hydroxyl groups is 1. The zero-order valence-corrected chi connectivity index (χ0v) is 11.7. The van der Waals surface area contributed by atoms with Crippen LogP contribution in [0.4, 0.5) is 4.39 Å². The molecular formula is C13H18ClFN2O2. The molecule has 1 atom stereocenters. The number of halogens is 2. The van der Waals surface area contributed by atoms with Gasteiger partial charge in [0.1, 0.15) is 5.82 Å². The number of carbonyl (C=O) groups is 1. The third-order valence-corrected chi connectivity index (χ3v) is 2.91. The third-order valence-electron chi connectivity index (χ3n) is 2.61. The fourth-order valence-corrected chi connectivity index (χ4v) is 1.58. The van der Waals surface area contributed by atoms with Crippen LogP contribution in [0.3, 0.4) is 0 Å². The van der Waals surface area contributed by atoms with Gasteiger partial charge < -0.3 is 15.3 Å². The highest BCUT2D eigenvalue weighted by atomic mass is 35.5. The van der Waals surface area contributed by atoms with Gasteiger partial charge in [-0.1, -0.05) is 17.7 Å². The first-order chi connectivity index (χ1) is 8.90. The van der Waals surface area contributed by atoms with Crippen LogP contribution in [-0.2, 0) is 4.79 Å². The van der Waals surface area contributed by atoms with E-state index in [1.54, 1.807) is 0 Å². The molecule has 4 nitrogen and oxygen atoms in total. The van der Waals surface area contributed by atoms with E-state index in [1.165, 1.54) is 18.2 Å². The van der Waals surface area contributed by atoms with Gasteiger partial charge in [-0.15, -0.1) is 0 Å². The van der Waals surface area contributed by atoms with Gasteiger partial charge >= 0.3 is 0 Å². The molecule has 1 rings (SSSR count). The number of amides is 1. The second-order valence-electron chi connectivity index (χ2n) is 4.55. The zero-order chi connectivity index (χ0) is 14.4. The molecule has 1 unspecified atom stereocenters. The van der Waals surface area contributed by atoms with Crippen LogP contribution in [0, 0.1) is 5.82 Å². The largest absolute Gasteiger partial charge is 0.387 e. The minimum atomic E-state index is -0.949. The van der Waals surface area contributed by atoms with Gasteiger partial charge in [0.25, 0.3) is 0 Å². The quantitative estimate of drug-likeness (QED) is 0.836. The molecule has 0 fully saturated rings. The minimum absolute atomic E-state index is 0.00553. The highest BCUT2D eigenvalue weighted by molar-refractivity contribution is 6.30. The summed E-state index contributed by atoms with van der Waals surface area (Å²) < 4.78 is 13.2. The van der Waals surface area contributed by atoms with Gasteiger partial charge in [0.2, 0.25) is 5.91 Å². The molecule has 1 aromatic rings. The zero-order valence-electron chi connectivity index (χ0n) is 11.0. The summed E-state index contributed by atoms with van der Waals surface area (Å²) in [5, 5.41) is 12.4. The number of benzene rings is 1. The first-order valence-corrected chi connectivity index (χ1v) is 6.32. The van der Waals surface area contributed by atoms with Crippen molar-refractivity contribution >= 4 is 17.5 Å². The summed E-state index contributed by atoms with van der Waals surface area (Å²) in [5.41, 5.74) is 0.384. The Hall–Kier alpha value is -1.17. The van der Waals surface area contributed by atoms with Crippen LogP contribution in [0.1, 0.15) is 18.1 Å². The Morgan fingerprint density at radius 2 is 2.21 bits per heavy atom. The average Bonchev–Trinajstić information content (AvgIpc) is 2.36. The number of nitrogens with one attached hydrogen (secondary N) is 1. The average molecular weight is 289 g/mol. The molecule has 1 aromatic carbocycles. The number of carbonyl (C=O) groups excluding carboxylic acids is 1. The number of aliphatic hydroxyl groups excluding tert-OH is 1. The lowest BCUT2D eigenvalue weighted by molar-refractivity contribution is -0.121. The molecule has 0 radical (unpaired) electrons. The number of hydrogen-bond donors (Lipinski definition) is 2. The van der Waals surface area contributed by atoms with Gasteiger partial charge in [-0.2, -0.15) is 0 Å². The summed E-state index contributed by atoms with van der Waals surface area (Å²) in [6.45, 7) is 0.685. The first-order valence-electron chi connectivity index (χ1n) is 5.94. The fraction of sp³-hybridized carbons (Fsp3) is 0.462. The van der Waals surface area contributed by atoms with Gasteiger partial charge in [0, 0.05) is 19.5 Å². The summed E-state index contributed by atoms with van der Waals surface area (Å²) in [5.74, 6) is -0.737. The van der Waals surface area contributed by atoms with Crippen molar-refractivity contribution in [2.75, 3.05) is 27.2 Å². The van der Waals surface area contributed by atoms with Crippen molar-refractivity contribution in [1.82, 2.24) is 10.2 Å². The molecule has 0 spiro atoms. The highest BCUT2D eigenvalue weighted by Crippen LogP contribution is 2.19. The van der Waals surface area contributed by atoms with E-state index in [2.05, 4.69) is 5.32 Å². The van der Waals surface area contributed by atoms with Crippen LogP contribution in [0.5, 0.6) is 0 Å². The van der Waals surface area contributed by atoms with Crippen molar-refractivity contribution in [3.05, 3.63) is 34.6 Å².